The molecular weight excluding hydrogens is 212 g/mol. The first-order valence-electron chi connectivity index (χ1n) is 5.74. The van der Waals surface area contributed by atoms with E-state index in [9.17, 15) is 4.79 Å². The van der Waals surface area contributed by atoms with Crippen molar-refractivity contribution in [1.29, 1.82) is 0 Å². The van der Waals surface area contributed by atoms with Crippen molar-refractivity contribution in [2.75, 3.05) is 16.8 Å². The number of fused-ring (bicyclic) bond motifs is 1. The van der Waals surface area contributed by atoms with E-state index in [-0.39, 0.29) is 5.78 Å². The van der Waals surface area contributed by atoms with Gasteiger partial charge in [-0.15, -0.1) is 0 Å². The molecule has 0 aromatic heterocycles. The van der Waals surface area contributed by atoms with E-state index in [4.69, 9.17) is 0 Å². The van der Waals surface area contributed by atoms with Crippen LogP contribution in [0.5, 0.6) is 0 Å². The summed E-state index contributed by atoms with van der Waals surface area (Å²) >= 11 is 0. The van der Waals surface area contributed by atoms with Crippen LogP contribution in [0.15, 0.2) is 48.3 Å². The molecule has 1 aromatic carbocycles. The summed E-state index contributed by atoms with van der Waals surface area (Å²) in [5, 5.41) is 3.27. The van der Waals surface area contributed by atoms with Crippen molar-refractivity contribution in [3.05, 3.63) is 48.3 Å². The number of allylic oxidation sites excluding steroid dienone is 2. The number of para-hydroxylation sites is 2. The fraction of sp³-hybridized carbons (Fsp3) is 0.214. The molecule has 1 heterocycles. The molecule has 2 rings (SSSR count). The lowest BCUT2D eigenvalue weighted by atomic mass is 10.2. The maximum atomic E-state index is 11.1. The molecule has 0 saturated heterocycles. The lowest BCUT2D eigenvalue weighted by molar-refractivity contribution is -0.112. The van der Waals surface area contributed by atoms with E-state index in [0.29, 0.717) is 0 Å². The molecule has 1 N–H and O–H groups in total. The number of carbonyl (C=O) groups excluding carboxylic acids is 1. The number of hydrogen-bond donors (Lipinski definition) is 1. The standard InChI is InChI=1S/C14H16N2O/c1-3-16-9-8-12(10-11(2)17)15-13-6-4-5-7-14(13)16/h4-10,15H,3H2,1-2H3/b12-10+. The minimum Gasteiger partial charge on any atom is -0.354 e. The molecule has 1 aromatic rings. The Hall–Kier alpha value is -2.03. The number of rotatable bonds is 2. The molecule has 0 aliphatic carbocycles. The third kappa shape index (κ3) is 2.56. The molecule has 17 heavy (non-hydrogen) atoms. The highest BCUT2D eigenvalue weighted by Crippen LogP contribution is 2.29. The Balaban J connectivity index is 2.43. The van der Waals surface area contributed by atoms with Crippen LogP contribution in [0.4, 0.5) is 11.4 Å². The minimum atomic E-state index is 0.0413. The zero-order chi connectivity index (χ0) is 12.3. The van der Waals surface area contributed by atoms with Gasteiger partial charge in [-0.05, 0) is 32.1 Å². The highest BCUT2D eigenvalue weighted by Gasteiger charge is 2.11. The van der Waals surface area contributed by atoms with Gasteiger partial charge >= 0.3 is 0 Å². The maximum absolute atomic E-state index is 11.1. The van der Waals surface area contributed by atoms with Crippen molar-refractivity contribution in [1.82, 2.24) is 0 Å². The normalized spacial score (nSPS) is 16.4. The van der Waals surface area contributed by atoms with Crippen LogP contribution in [0, 0.1) is 0 Å². The molecule has 0 atom stereocenters. The Morgan fingerprint density at radius 2 is 2.18 bits per heavy atom. The topological polar surface area (TPSA) is 32.3 Å². The van der Waals surface area contributed by atoms with Crippen LogP contribution in [-0.2, 0) is 4.79 Å². The smallest absolute Gasteiger partial charge is 0.154 e. The third-order valence-corrected chi connectivity index (χ3v) is 2.63. The van der Waals surface area contributed by atoms with Gasteiger partial charge in [0.15, 0.2) is 5.78 Å². The highest BCUT2D eigenvalue weighted by atomic mass is 16.1. The van der Waals surface area contributed by atoms with E-state index in [1.54, 1.807) is 13.0 Å². The molecule has 0 unspecified atom stereocenters. The summed E-state index contributed by atoms with van der Waals surface area (Å²) in [6, 6.07) is 8.07. The second-order valence-corrected chi connectivity index (χ2v) is 3.95. The Kier molecular flexibility index (Phi) is 3.28. The van der Waals surface area contributed by atoms with Gasteiger partial charge in [-0.1, -0.05) is 12.1 Å². The summed E-state index contributed by atoms with van der Waals surface area (Å²) in [5.74, 6) is 0.0413. The predicted octanol–water partition coefficient (Wildman–Crippen LogP) is 2.93. The van der Waals surface area contributed by atoms with Crippen molar-refractivity contribution in [3.8, 4) is 0 Å². The van der Waals surface area contributed by atoms with Crippen LogP contribution >= 0.6 is 0 Å². The molecule has 0 spiro atoms. The summed E-state index contributed by atoms with van der Waals surface area (Å²) < 4.78 is 0. The van der Waals surface area contributed by atoms with E-state index in [0.717, 1.165) is 23.6 Å². The zero-order valence-corrected chi connectivity index (χ0v) is 10.1. The fourth-order valence-electron chi connectivity index (χ4n) is 1.86. The lowest BCUT2D eigenvalue weighted by Gasteiger charge is -2.19. The van der Waals surface area contributed by atoms with Gasteiger partial charge in [-0.2, -0.15) is 0 Å². The van der Waals surface area contributed by atoms with Crippen LogP contribution in [0.2, 0.25) is 0 Å². The summed E-state index contributed by atoms with van der Waals surface area (Å²) in [7, 11) is 0. The van der Waals surface area contributed by atoms with Crippen LogP contribution in [-0.4, -0.2) is 12.3 Å². The number of carbonyl (C=O) groups is 1. The molecule has 0 bridgehead atoms. The van der Waals surface area contributed by atoms with Crippen LogP contribution in [0.1, 0.15) is 13.8 Å². The zero-order valence-electron chi connectivity index (χ0n) is 10.1. The lowest BCUT2D eigenvalue weighted by Crippen LogP contribution is -2.14. The fourth-order valence-corrected chi connectivity index (χ4v) is 1.86. The van der Waals surface area contributed by atoms with E-state index in [2.05, 4.69) is 23.2 Å². The monoisotopic (exact) mass is 228 g/mol. The second kappa shape index (κ2) is 4.87. The predicted molar refractivity (Wildman–Crippen MR) is 71.0 cm³/mol. The third-order valence-electron chi connectivity index (χ3n) is 2.63. The molecule has 0 radical (unpaired) electrons. The summed E-state index contributed by atoms with van der Waals surface area (Å²) in [6.45, 7) is 4.54. The van der Waals surface area contributed by atoms with Crippen LogP contribution in [0.25, 0.3) is 0 Å². The first kappa shape index (κ1) is 11.5. The van der Waals surface area contributed by atoms with Gasteiger partial charge in [0.25, 0.3) is 0 Å². The number of ketones is 1. The molecular formula is C14H16N2O. The largest absolute Gasteiger partial charge is 0.354 e. The first-order valence-corrected chi connectivity index (χ1v) is 5.74. The van der Waals surface area contributed by atoms with Gasteiger partial charge in [0.05, 0.1) is 11.4 Å². The van der Waals surface area contributed by atoms with E-state index >= 15 is 0 Å². The van der Waals surface area contributed by atoms with Crippen molar-refractivity contribution in [2.45, 2.75) is 13.8 Å². The van der Waals surface area contributed by atoms with Gasteiger partial charge in [0.1, 0.15) is 0 Å². The number of hydrogen-bond acceptors (Lipinski definition) is 3. The molecule has 1 aliphatic rings. The summed E-state index contributed by atoms with van der Waals surface area (Å²) in [4.78, 5) is 13.3. The van der Waals surface area contributed by atoms with Crippen molar-refractivity contribution in [2.24, 2.45) is 0 Å². The van der Waals surface area contributed by atoms with Crippen molar-refractivity contribution < 1.29 is 4.79 Å². The number of nitrogens with zero attached hydrogens (tertiary/aromatic N) is 1. The Bertz CT molecular complexity index is 489. The van der Waals surface area contributed by atoms with Gasteiger partial charge in [-0.25, -0.2) is 0 Å². The van der Waals surface area contributed by atoms with Crippen LogP contribution in [0.3, 0.4) is 0 Å². The highest BCUT2D eigenvalue weighted by molar-refractivity contribution is 5.90. The number of benzene rings is 1. The van der Waals surface area contributed by atoms with E-state index < -0.39 is 0 Å². The Morgan fingerprint density at radius 1 is 1.41 bits per heavy atom. The average molecular weight is 228 g/mol. The van der Waals surface area contributed by atoms with Gasteiger partial charge in [0, 0.05) is 24.5 Å². The molecule has 88 valence electrons. The maximum Gasteiger partial charge on any atom is 0.154 e. The van der Waals surface area contributed by atoms with Crippen molar-refractivity contribution >= 4 is 17.2 Å². The summed E-state index contributed by atoms with van der Waals surface area (Å²) in [6.07, 6.45) is 5.52. The number of nitrogens with one attached hydrogen (secondary N) is 1. The SMILES string of the molecule is CCN1C=C/C(=C\C(C)=O)Nc2ccccc21. The quantitative estimate of drug-likeness (QED) is 0.790. The average Bonchev–Trinajstić information content (AvgIpc) is 2.47. The van der Waals surface area contributed by atoms with E-state index in [1.807, 2.05) is 30.5 Å². The molecule has 0 saturated carbocycles. The molecule has 3 heteroatoms. The first-order chi connectivity index (χ1) is 8.20. The molecule has 3 nitrogen and oxygen atoms in total. The Morgan fingerprint density at radius 3 is 2.88 bits per heavy atom. The summed E-state index contributed by atoms with van der Waals surface area (Å²) in [5.41, 5.74) is 2.96. The molecule has 0 amide bonds. The van der Waals surface area contributed by atoms with E-state index in [1.165, 1.54) is 0 Å². The minimum absolute atomic E-state index is 0.0413. The molecule has 1 aliphatic heterocycles. The van der Waals surface area contributed by atoms with Gasteiger partial charge in [0.2, 0.25) is 0 Å². The van der Waals surface area contributed by atoms with Crippen LogP contribution < -0.4 is 10.2 Å². The molecule has 0 fully saturated rings. The van der Waals surface area contributed by atoms with Crippen molar-refractivity contribution in [3.63, 3.8) is 0 Å². The second-order valence-electron chi connectivity index (χ2n) is 3.95. The number of anilines is 2. The van der Waals surface area contributed by atoms with Gasteiger partial charge < -0.3 is 10.2 Å². The van der Waals surface area contributed by atoms with Gasteiger partial charge in [-0.3, -0.25) is 4.79 Å². The Labute approximate surface area is 101 Å².